The first kappa shape index (κ1) is 14.9. The van der Waals surface area contributed by atoms with Gasteiger partial charge in [-0.05, 0) is 38.5 Å². The van der Waals surface area contributed by atoms with Crippen LogP contribution in [0.3, 0.4) is 0 Å². The second-order valence-electron chi connectivity index (χ2n) is 5.62. The highest BCUT2D eigenvalue weighted by Crippen LogP contribution is 2.35. The fourth-order valence-corrected chi connectivity index (χ4v) is 3.38. The second kappa shape index (κ2) is 7.34. The summed E-state index contributed by atoms with van der Waals surface area (Å²) in [5.74, 6) is 0.720. The third kappa shape index (κ3) is 3.94. The largest absolute Gasteiger partial charge is 0.396 e. The predicted molar refractivity (Wildman–Crippen MR) is 73.0 cm³/mol. The summed E-state index contributed by atoms with van der Waals surface area (Å²) in [4.78, 5) is 0. The highest BCUT2D eigenvalue weighted by atomic mass is 16.2. The van der Waals surface area contributed by atoms with Crippen LogP contribution in [0.4, 0.5) is 0 Å². The van der Waals surface area contributed by atoms with E-state index in [0.29, 0.717) is 12.6 Å². The summed E-state index contributed by atoms with van der Waals surface area (Å²) in [6.07, 6.45) is 8.32. The minimum atomic E-state index is 0.155. The molecular formula is C14H30N2O. The van der Waals surface area contributed by atoms with Crippen molar-refractivity contribution < 1.29 is 5.11 Å². The summed E-state index contributed by atoms with van der Waals surface area (Å²) < 4.78 is 0. The van der Waals surface area contributed by atoms with E-state index in [1.54, 1.807) is 0 Å². The molecule has 3 atom stereocenters. The first-order valence-corrected chi connectivity index (χ1v) is 7.27. The van der Waals surface area contributed by atoms with Crippen LogP contribution in [-0.4, -0.2) is 29.8 Å². The van der Waals surface area contributed by atoms with E-state index in [-0.39, 0.29) is 5.54 Å². The van der Waals surface area contributed by atoms with Crippen LogP contribution in [0, 0.1) is 5.92 Å². The molecule has 0 saturated heterocycles. The molecule has 1 rings (SSSR count). The highest BCUT2D eigenvalue weighted by molar-refractivity contribution is 4.98. The lowest BCUT2D eigenvalue weighted by atomic mass is 9.71. The van der Waals surface area contributed by atoms with Gasteiger partial charge in [-0.15, -0.1) is 0 Å². The Bertz CT molecular complexity index is 210. The van der Waals surface area contributed by atoms with Crippen LogP contribution in [-0.2, 0) is 0 Å². The smallest absolute Gasteiger partial charge is 0.0431 e. The van der Waals surface area contributed by atoms with E-state index in [1.165, 1.54) is 32.1 Å². The van der Waals surface area contributed by atoms with Gasteiger partial charge in [0.05, 0.1) is 0 Å². The van der Waals surface area contributed by atoms with E-state index >= 15 is 0 Å². The summed E-state index contributed by atoms with van der Waals surface area (Å²) in [7, 11) is 0. The van der Waals surface area contributed by atoms with Crippen LogP contribution in [0.2, 0.25) is 0 Å². The van der Waals surface area contributed by atoms with Gasteiger partial charge in [0.2, 0.25) is 0 Å². The van der Waals surface area contributed by atoms with Gasteiger partial charge in [0.15, 0.2) is 0 Å². The zero-order valence-corrected chi connectivity index (χ0v) is 11.5. The van der Waals surface area contributed by atoms with Crippen molar-refractivity contribution in [3.05, 3.63) is 0 Å². The van der Waals surface area contributed by atoms with Gasteiger partial charge < -0.3 is 16.2 Å². The molecule has 3 heteroatoms. The van der Waals surface area contributed by atoms with E-state index in [0.717, 1.165) is 25.3 Å². The Morgan fingerprint density at radius 3 is 2.82 bits per heavy atom. The van der Waals surface area contributed by atoms with Crippen LogP contribution in [0.25, 0.3) is 0 Å². The van der Waals surface area contributed by atoms with E-state index < -0.39 is 0 Å². The normalized spacial score (nSPS) is 31.4. The molecule has 1 fully saturated rings. The van der Waals surface area contributed by atoms with Crippen molar-refractivity contribution in [2.45, 2.75) is 70.4 Å². The van der Waals surface area contributed by atoms with Crippen LogP contribution in [0.15, 0.2) is 0 Å². The summed E-state index contributed by atoms with van der Waals surface area (Å²) in [5, 5.41) is 12.7. The van der Waals surface area contributed by atoms with E-state index in [1.807, 2.05) is 0 Å². The average molecular weight is 242 g/mol. The third-order valence-corrected chi connectivity index (χ3v) is 4.39. The maximum absolute atomic E-state index is 8.89. The summed E-state index contributed by atoms with van der Waals surface area (Å²) in [6, 6.07) is 0.456. The lowest BCUT2D eigenvalue weighted by molar-refractivity contribution is 0.126. The number of aliphatic hydroxyl groups excluding tert-OH is 1. The van der Waals surface area contributed by atoms with Gasteiger partial charge in [-0.25, -0.2) is 0 Å². The predicted octanol–water partition coefficient (Wildman–Crippen LogP) is 2.03. The standard InChI is InChI=1S/C14H30N2O/c1-3-13-8-4-5-9-14(13,11-15)16-12(2)7-6-10-17/h12-13,16-17H,3-11,15H2,1-2H3. The molecule has 1 aliphatic carbocycles. The third-order valence-electron chi connectivity index (χ3n) is 4.39. The SMILES string of the molecule is CCC1CCCCC1(CN)NC(C)CCCO. The molecule has 0 bridgehead atoms. The Hall–Kier alpha value is -0.120. The molecule has 0 spiro atoms. The van der Waals surface area contributed by atoms with Gasteiger partial charge in [-0.2, -0.15) is 0 Å². The molecule has 0 radical (unpaired) electrons. The number of nitrogens with two attached hydrogens (primary N) is 1. The van der Waals surface area contributed by atoms with Crippen molar-refractivity contribution in [3.63, 3.8) is 0 Å². The Labute approximate surface area is 106 Å². The molecule has 0 amide bonds. The van der Waals surface area contributed by atoms with E-state index in [9.17, 15) is 0 Å². The molecule has 4 N–H and O–H groups in total. The maximum Gasteiger partial charge on any atom is 0.0431 e. The average Bonchev–Trinajstić information content (AvgIpc) is 2.36. The monoisotopic (exact) mass is 242 g/mol. The minimum absolute atomic E-state index is 0.155. The van der Waals surface area contributed by atoms with Crippen LogP contribution in [0.5, 0.6) is 0 Å². The van der Waals surface area contributed by atoms with Crippen LogP contribution in [0.1, 0.15) is 58.8 Å². The molecule has 1 aliphatic rings. The maximum atomic E-state index is 8.89. The summed E-state index contributed by atoms with van der Waals surface area (Å²) >= 11 is 0. The summed E-state index contributed by atoms with van der Waals surface area (Å²) in [5.41, 5.74) is 6.22. The van der Waals surface area contributed by atoms with Crippen molar-refractivity contribution in [2.24, 2.45) is 11.7 Å². The molecule has 0 aromatic rings. The fourth-order valence-electron chi connectivity index (χ4n) is 3.38. The zero-order chi connectivity index (χ0) is 12.7. The lowest BCUT2D eigenvalue weighted by Gasteiger charge is -2.46. The van der Waals surface area contributed by atoms with Crippen molar-refractivity contribution in [1.82, 2.24) is 5.32 Å². The van der Waals surface area contributed by atoms with Gasteiger partial charge in [-0.1, -0.05) is 26.2 Å². The summed E-state index contributed by atoms with van der Waals surface area (Å²) in [6.45, 7) is 5.53. The molecule has 0 aliphatic heterocycles. The number of hydrogen-bond acceptors (Lipinski definition) is 3. The fraction of sp³-hybridized carbons (Fsp3) is 1.00. The van der Waals surface area contributed by atoms with Crippen molar-refractivity contribution in [2.75, 3.05) is 13.2 Å². The highest BCUT2D eigenvalue weighted by Gasteiger charge is 2.38. The van der Waals surface area contributed by atoms with E-state index in [2.05, 4.69) is 19.2 Å². The zero-order valence-electron chi connectivity index (χ0n) is 11.5. The number of aliphatic hydroxyl groups is 1. The Morgan fingerprint density at radius 1 is 1.47 bits per heavy atom. The number of nitrogens with one attached hydrogen (secondary N) is 1. The van der Waals surface area contributed by atoms with Crippen molar-refractivity contribution in [3.8, 4) is 0 Å². The first-order valence-electron chi connectivity index (χ1n) is 7.27. The lowest BCUT2D eigenvalue weighted by Crippen LogP contribution is -2.60. The topological polar surface area (TPSA) is 58.3 Å². The molecule has 17 heavy (non-hydrogen) atoms. The molecule has 0 aromatic carbocycles. The number of rotatable bonds is 7. The Balaban J connectivity index is 2.58. The Kier molecular flexibility index (Phi) is 6.45. The van der Waals surface area contributed by atoms with E-state index in [4.69, 9.17) is 10.8 Å². The van der Waals surface area contributed by atoms with Crippen molar-refractivity contribution >= 4 is 0 Å². The minimum Gasteiger partial charge on any atom is -0.396 e. The van der Waals surface area contributed by atoms with Crippen molar-refractivity contribution in [1.29, 1.82) is 0 Å². The van der Waals surface area contributed by atoms with Gasteiger partial charge in [0, 0.05) is 24.7 Å². The molecular weight excluding hydrogens is 212 g/mol. The molecule has 1 saturated carbocycles. The first-order chi connectivity index (χ1) is 8.18. The van der Waals surface area contributed by atoms with Gasteiger partial charge >= 0.3 is 0 Å². The van der Waals surface area contributed by atoms with Gasteiger partial charge in [0.25, 0.3) is 0 Å². The Morgan fingerprint density at radius 2 is 2.24 bits per heavy atom. The molecule has 3 nitrogen and oxygen atoms in total. The van der Waals surface area contributed by atoms with Crippen LogP contribution >= 0.6 is 0 Å². The molecule has 102 valence electrons. The van der Waals surface area contributed by atoms with Crippen LogP contribution < -0.4 is 11.1 Å². The quantitative estimate of drug-likeness (QED) is 0.640. The second-order valence-corrected chi connectivity index (χ2v) is 5.62. The molecule has 0 heterocycles. The molecule has 0 aromatic heterocycles. The molecule has 3 unspecified atom stereocenters. The van der Waals surface area contributed by atoms with Gasteiger partial charge in [-0.3, -0.25) is 0 Å². The number of hydrogen-bond donors (Lipinski definition) is 3. The van der Waals surface area contributed by atoms with Gasteiger partial charge in [0.1, 0.15) is 0 Å².